The third-order valence-electron chi connectivity index (χ3n) is 1.73. The van der Waals surface area contributed by atoms with Gasteiger partial charge in [-0.1, -0.05) is 11.7 Å². The fourth-order valence-corrected chi connectivity index (χ4v) is 1.18. The summed E-state index contributed by atoms with van der Waals surface area (Å²) in [6.07, 6.45) is 5.64. The molecule has 0 bridgehead atoms. The van der Waals surface area contributed by atoms with Crippen LogP contribution in [0.25, 0.3) is 0 Å². The quantitative estimate of drug-likeness (QED) is 0.512. The summed E-state index contributed by atoms with van der Waals surface area (Å²) in [4.78, 5) is 15.4. The Hall–Kier alpha value is -1.03. The van der Waals surface area contributed by atoms with E-state index >= 15 is 0 Å². The molecule has 0 spiro atoms. The van der Waals surface area contributed by atoms with E-state index in [9.17, 15) is 4.79 Å². The van der Waals surface area contributed by atoms with Crippen molar-refractivity contribution in [2.75, 3.05) is 0 Å². The van der Waals surface area contributed by atoms with Crippen LogP contribution in [0.3, 0.4) is 0 Å². The van der Waals surface area contributed by atoms with Crippen molar-refractivity contribution in [3.8, 4) is 0 Å². The highest BCUT2D eigenvalue weighted by Crippen LogP contribution is 2.17. The number of rotatable bonds is 0. The molecule has 1 saturated heterocycles. The van der Waals surface area contributed by atoms with Crippen molar-refractivity contribution in [3.05, 3.63) is 12.3 Å². The normalized spacial score (nSPS) is 30.2. The van der Waals surface area contributed by atoms with Gasteiger partial charge in [-0.2, -0.15) is 0 Å². The molecule has 2 aliphatic rings. The van der Waals surface area contributed by atoms with Crippen LogP contribution in [-0.2, 0) is 9.63 Å². The van der Waals surface area contributed by atoms with Gasteiger partial charge in [-0.25, -0.2) is 4.79 Å². The van der Waals surface area contributed by atoms with Gasteiger partial charge < -0.3 is 4.84 Å². The van der Waals surface area contributed by atoms with Gasteiger partial charge in [0.15, 0.2) is 0 Å². The lowest BCUT2D eigenvalue weighted by atomic mass is 10.1. The highest BCUT2D eigenvalue weighted by atomic mass is 16.7. The van der Waals surface area contributed by atoms with E-state index in [0.717, 1.165) is 12.8 Å². The van der Waals surface area contributed by atoms with Crippen molar-refractivity contribution in [2.24, 2.45) is 0 Å². The molecule has 10 heavy (non-hydrogen) atoms. The third kappa shape index (κ3) is 0.690. The van der Waals surface area contributed by atoms with Gasteiger partial charge >= 0.3 is 5.97 Å². The molecular weight excluding hydrogens is 132 g/mol. The second kappa shape index (κ2) is 1.98. The molecule has 2 rings (SSSR count). The number of nitrogens with one attached hydrogen (secondary N) is 1. The molecule has 0 amide bonds. The Balaban J connectivity index is 2.19. The van der Waals surface area contributed by atoms with Crippen LogP contribution in [-0.4, -0.2) is 17.0 Å². The number of fused-ring (bicyclic) bond motifs is 1. The van der Waals surface area contributed by atoms with Crippen molar-refractivity contribution in [3.63, 3.8) is 0 Å². The minimum Gasteiger partial charge on any atom is -0.349 e. The summed E-state index contributed by atoms with van der Waals surface area (Å²) in [5, 5.41) is 1.69. The maximum absolute atomic E-state index is 10.8. The molecule has 2 aliphatic heterocycles. The monoisotopic (exact) mass is 140 g/mol. The zero-order valence-corrected chi connectivity index (χ0v) is 5.41. The van der Waals surface area contributed by atoms with E-state index in [0.29, 0.717) is 0 Å². The maximum Gasteiger partial charge on any atom is 0.351 e. The van der Waals surface area contributed by atoms with Crippen LogP contribution in [0.5, 0.6) is 0 Å². The van der Waals surface area contributed by atoms with Crippen LogP contribution in [0, 0.1) is 0 Å². The van der Waals surface area contributed by atoms with Gasteiger partial charge in [-0.3, -0.25) is 5.01 Å². The van der Waals surface area contributed by atoms with Crippen molar-refractivity contribution in [1.29, 1.82) is 0 Å². The molecule has 0 aromatic heterocycles. The molecule has 1 unspecified atom stereocenters. The van der Waals surface area contributed by atoms with Crippen LogP contribution in [0.4, 0.5) is 0 Å². The van der Waals surface area contributed by atoms with Gasteiger partial charge in [0.1, 0.15) is 6.04 Å². The summed E-state index contributed by atoms with van der Waals surface area (Å²) in [6.45, 7) is 0. The maximum atomic E-state index is 10.8. The number of hydrazine groups is 1. The van der Waals surface area contributed by atoms with E-state index in [1.54, 1.807) is 5.01 Å². The van der Waals surface area contributed by atoms with Crippen molar-refractivity contribution < 1.29 is 9.63 Å². The first-order valence-electron chi connectivity index (χ1n) is 3.29. The first kappa shape index (κ1) is 5.73. The summed E-state index contributed by atoms with van der Waals surface area (Å²) in [5.74, 6) is -0.177. The van der Waals surface area contributed by atoms with E-state index in [-0.39, 0.29) is 12.0 Å². The van der Waals surface area contributed by atoms with Gasteiger partial charge in [0, 0.05) is 6.20 Å². The van der Waals surface area contributed by atoms with Crippen LogP contribution in [0.2, 0.25) is 0 Å². The average molecular weight is 140 g/mol. The Morgan fingerprint density at radius 2 is 2.70 bits per heavy atom. The van der Waals surface area contributed by atoms with Crippen molar-refractivity contribution in [2.45, 2.75) is 18.9 Å². The molecule has 2 heterocycles. The van der Waals surface area contributed by atoms with Crippen LogP contribution in [0.15, 0.2) is 12.3 Å². The Morgan fingerprint density at radius 1 is 1.80 bits per heavy atom. The second-order valence-corrected chi connectivity index (χ2v) is 2.40. The standard InChI is InChI=1S/C6H8N2O2/c9-6-5-3-1-2-4-8(5)7-10-6/h2,4-5,7H,1,3H2. The van der Waals surface area contributed by atoms with Crippen LogP contribution >= 0.6 is 0 Å². The van der Waals surface area contributed by atoms with Gasteiger partial charge in [0.05, 0.1) is 0 Å². The third-order valence-corrected chi connectivity index (χ3v) is 1.73. The molecule has 0 aliphatic carbocycles. The highest BCUT2D eigenvalue weighted by Gasteiger charge is 2.33. The minimum atomic E-state index is -0.177. The topological polar surface area (TPSA) is 41.6 Å². The first-order valence-corrected chi connectivity index (χ1v) is 3.29. The van der Waals surface area contributed by atoms with Gasteiger partial charge in [0.2, 0.25) is 0 Å². The molecule has 0 radical (unpaired) electrons. The largest absolute Gasteiger partial charge is 0.351 e. The Bertz CT molecular complexity index is 190. The average Bonchev–Trinajstić information content (AvgIpc) is 2.34. The molecule has 0 aromatic rings. The lowest BCUT2D eigenvalue weighted by Gasteiger charge is -2.19. The highest BCUT2D eigenvalue weighted by molar-refractivity contribution is 5.77. The fourth-order valence-electron chi connectivity index (χ4n) is 1.18. The summed E-state index contributed by atoms with van der Waals surface area (Å²) in [7, 11) is 0. The van der Waals surface area contributed by atoms with Gasteiger partial charge in [-0.15, -0.1) is 0 Å². The van der Waals surface area contributed by atoms with Crippen molar-refractivity contribution >= 4 is 5.97 Å². The molecule has 1 N–H and O–H groups in total. The number of carbonyl (C=O) groups is 1. The zero-order chi connectivity index (χ0) is 6.97. The fraction of sp³-hybridized carbons (Fsp3) is 0.500. The first-order chi connectivity index (χ1) is 4.88. The Morgan fingerprint density at radius 3 is 3.50 bits per heavy atom. The molecule has 1 atom stereocenters. The SMILES string of the molecule is O=C1ONN2C=CCCC12. The summed E-state index contributed by atoms with van der Waals surface area (Å²) in [6, 6.07) is -0.0926. The Labute approximate surface area is 58.4 Å². The lowest BCUT2D eigenvalue weighted by Crippen LogP contribution is -2.35. The van der Waals surface area contributed by atoms with Crippen molar-refractivity contribution in [1.82, 2.24) is 10.6 Å². The minimum absolute atomic E-state index is 0.0926. The number of carbonyl (C=O) groups excluding carboxylic acids is 1. The molecule has 1 fully saturated rings. The molecular formula is C6H8N2O2. The lowest BCUT2D eigenvalue weighted by molar-refractivity contribution is -0.144. The molecule has 0 saturated carbocycles. The summed E-state index contributed by atoms with van der Waals surface area (Å²) >= 11 is 0. The predicted molar refractivity (Wildman–Crippen MR) is 33.2 cm³/mol. The number of hydrogen-bond acceptors (Lipinski definition) is 4. The van der Waals surface area contributed by atoms with Crippen LogP contribution in [0.1, 0.15) is 12.8 Å². The number of hydrogen-bond donors (Lipinski definition) is 1. The van der Waals surface area contributed by atoms with Gasteiger partial charge in [-0.05, 0) is 12.8 Å². The molecule has 4 nitrogen and oxygen atoms in total. The smallest absolute Gasteiger partial charge is 0.349 e. The summed E-state index contributed by atoms with van der Waals surface area (Å²) in [5.41, 5.74) is 2.51. The number of nitrogens with zero attached hydrogens (tertiary/aromatic N) is 1. The summed E-state index contributed by atoms with van der Waals surface area (Å²) < 4.78 is 0. The molecule has 0 aromatic carbocycles. The van der Waals surface area contributed by atoms with E-state index in [4.69, 9.17) is 0 Å². The van der Waals surface area contributed by atoms with Gasteiger partial charge in [0.25, 0.3) is 0 Å². The predicted octanol–water partition coefficient (Wildman–Crippen LogP) is -0.0591. The molecule has 54 valence electrons. The van der Waals surface area contributed by atoms with E-state index in [2.05, 4.69) is 10.4 Å². The molecule has 4 heteroatoms. The zero-order valence-electron chi connectivity index (χ0n) is 5.41. The second-order valence-electron chi connectivity index (χ2n) is 2.40. The van der Waals surface area contributed by atoms with E-state index in [1.807, 2.05) is 12.3 Å². The number of allylic oxidation sites excluding steroid dienone is 1. The Kier molecular flexibility index (Phi) is 1.14. The van der Waals surface area contributed by atoms with Crippen LogP contribution < -0.4 is 5.59 Å². The van der Waals surface area contributed by atoms with E-state index in [1.165, 1.54) is 0 Å². The van der Waals surface area contributed by atoms with E-state index < -0.39 is 0 Å².